The molecule has 2 N–H and O–H groups in total. The van der Waals surface area contributed by atoms with E-state index in [4.69, 9.17) is 0 Å². The molecule has 0 aliphatic carbocycles. The molecule has 4 heteroatoms. The molecule has 124 valence electrons. The molecule has 0 aromatic carbocycles. The second-order valence-electron chi connectivity index (χ2n) is 6.98. The van der Waals surface area contributed by atoms with E-state index in [1.165, 1.54) is 0 Å². The van der Waals surface area contributed by atoms with Crippen molar-refractivity contribution >= 4 is 5.91 Å². The Hall–Kier alpha value is -1.39. The highest BCUT2D eigenvalue weighted by molar-refractivity contribution is 5.77. The Bertz CT molecular complexity index is 438. The average molecular weight is 306 g/mol. The molecule has 22 heavy (non-hydrogen) atoms. The van der Waals surface area contributed by atoms with Crippen LogP contribution in [0.5, 0.6) is 0 Å². The summed E-state index contributed by atoms with van der Waals surface area (Å²) in [4.78, 5) is 14.6. The molecule has 0 aromatic rings. The topological polar surface area (TPSA) is 52.6 Å². The monoisotopic (exact) mass is 306 g/mol. The largest absolute Gasteiger partial charge is 0.390 e. The van der Waals surface area contributed by atoms with E-state index in [2.05, 4.69) is 30.4 Å². The number of allylic oxidation sites excluding steroid dienone is 3. The fourth-order valence-corrected chi connectivity index (χ4v) is 2.87. The average Bonchev–Trinajstić information content (AvgIpc) is 2.39. The van der Waals surface area contributed by atoms with Crippen molar-refractivity contribution in [3.63, 3.8) is 0 Å². The van der Waals surface area contributed by atoms with Crippen molar-refractivity contribution in [2.75, 3.05) is 20.1 Å². The van der Waals surface area contributed by atoms with Gasteiger partial charge in [-0.05, 0) is 45.7 Å². The van der Waals surface area contributed by atoms with Crippen LogP contribution in [-0.4, -0.2) is 47.2 Å². The zero-order chi connectivity index (χ0) is 16.8. The molecule has 0 radical (unpaired) electrons. The number of piperidine rings is 1. The second-order valence-corrected chi connectivity index (χ2v) is 6.98. The van der Waals surface area contributed by atoms with E-state index in [-0.39, 0.29) is 17.9 Å². The maximum absolute atomic E-state index is 12.3. The highest BCUT2D eigenvalue weighted by Gasteiger charge is 2.36. The van der Waals surface area contributed by atoms with Gasteiger partial charge in [0, 0.05) is 18.6 Å². The molecule has 1 heterocycles. The van der Waals surface area contributed by atoms with E-state index in [0.29, 0.717) is 0 Å². The molecule has 0 saturated carbocycles. The van der Waals surface area contributed by atoms with E-state index in [0.717, 1.165) is 37.9 Å². The van der Waals surface area contributed by atoms with Crippen molar-refractivity contribution in [3.05, 3.63) is 37.0 Å². The summed E-state index contributed by atoms with van der Waals surface area (Å²) < 4.78 is 0. The first-order chi connectivity index (χ1) is 10.2. The van der Waals surface area contributed by atoms with Gasteiger partial charge in [-0.15, -0.1) is 0 Å². The van der Waals surface area contributed by atoms with Crippen molar-refractivity contribution in [2.24, 2.45) is 0 Å². The van der Waals surface area contributed by atoms with Crippen molar-refractivity contribution in [1.29, 1.82) is 0 Å². The molecule has 1 amide bonds. The molecule has 0 bridgehead atoms. The zero-order valence-corrected chi connectivity index (χ0v) is 14.2. The minimum atomic E-state index is -0.991. The number of nitrogens with zero attached hydrogens (tertiary/aromatic N) is 1. The third kappa shape index (κ3) is 6.16. The lowest BCUT2D eigenvalue weighted by molar-refractivity contribution is -0.127. The van der Waals surface area contributed by atoms with Crippen LogP contribution >= 0.6 is 0 Å². The van der Waals surface area contributed by atoms with Crippen LogP contribution in [0.2, 0.25) is 0 Å². The molecule has 1 saturated heterocycles. The highest BCUT2D eigenvalue weighted by atomic mass is 16.3. The van der Waals surface area contributed by atoms with Gasteiger partial charge in [0.15, 0.2) is 0 Å². The molecule has 0 atom stereocenters. The number of amides is 1. The molecular formula is C18H30N2O2. The highest BCUT2D eigenvalue weighted by Crippen LogP contribution is 2.29. The van der Waals surface area contributed by atoms with Gasteiger partial charge in [0.25, 0.3) is 0 Å². The normalized spacial score (nSPS) is 19.5. The van der Waals surface area contributed by atoms with Crippen molar-refractivity contribution in [2.45, 2.75) is 50.7 Å². The summed E-state index contributed by atoms with van der Waals surface area (Å²) >= 11 is 0. The molecule has 0 aromatic heterocycles. The molecule has 4 nitrogen and oxygen atoms in total. The van der Waals surface area contributed by atoms with Crippen molar-refractivity contribution < 1.29 is 9.90 Å². The number of likely N-dealkylation sites (tertiary alicyclic amines) is 1. The summed E-state index contributed by atoms with van der Waals surface area (Å²) in [5.41, 5.74) is -0.185. The van der Waals surface area contributed by atoms with Gasteiger partial charge in [-0.25, -0.2) is 0 Å². The van der Waals surface area contributed by atoms with Crippen molar-refractivity contribution in [1.82, 2.24) is 10.2 Å². The molecule has 1 rings (SSSR count). The molecule has 1 fully saturated rings. The molecule has 0 unspecified atom stereocenters. The summed E-state index contributed by atoms with van der Waals surface area (Å²) in [6.45, 7) is 12.8. The minimum absolute atomic E-state index is 0.0981. The Labute approximate surface area is 134 Å². The molecular weight excluding hydrogens is 276 g/mol. The van der Waals surface area contributed by atoms with Gasteiger partial charge in [-0.2, -0.15) is 0 Å². The van der Waals surface area contributed by atoms with Crippen LogP contribution in [0.25, 0.3) is 0 Å². The minimum Gasteiger partial charge on any atom is -0.390 e. The maximum atomic E-state index is 12.3. The van der Waals surface area contributed by atoms with Gasteiger partial charge < -0.3 is 15.3 Å². The third-order valence-corrected chi connectivity index (χ3v) is 4.08. The van der Waals surface area contributed by atoms with Crippen LogP contribution in [0.4, 0.5) is 0 Å². The number of nitrogens with one attached hydrogen (secondary N) is 1. The summed E-state index contributed by atoms with van der Waals surface area (Å²) in [6, 6.07) is 0. The molecule has 0 spiro atoms. The number of hydrogen-bond acceptors (Lipinski definition) is 3. The summed E-state index contributed by atoms with van der Waals surface area (Å²) in [5, 5.41) is 13.0. The maximum Gasteiger partial charge on any atom is 0.223 e. The van der Waals surface area contributed by atoms with Gasteiger partial charge >= 0.3 is 0 Å². The van der Waals surface area contributed by atoms with Crippen LogP contribution < -0.4 is 5.32 Å². The van der Waals surface area contributed by atoms with E-state index >= 15 is 0 Å². The first-order valence-electron chi connectivity index (χ1n) is 7.86. The first-order valence-corrected chi connectivity index (χ1v) is 7.86. The molecule has 1 aliphatic rings. The smallest absolute Gasteiger partial charge is 0.223 e. The summed E-state index contributed by atoms with van der Waals surface area (Å²) in [6.07, 6.45) is 8.15. The van der Waals surface area contributed by atoms with Crippen LogP contribution in [0.1, 0.15) is 39.5 Å². The van der Waals surface area contributed by atoms with Gasteiger partial charge in [-0.3, -0.25) is 4.79 Å². The second kappa shape index (κ2) is 7.75. The van der Waals surface area contributed by atoms with Gasteiger partial charge in [0.2, 0.25) is 5.91 Å². The Kier molecular flexibility index (Phi) is 6.57. The lowest BCUT2D eigenvalue weighted by atomic mass is 9.81. The Morgan fingerprint density at radius 2 is 1.95 bits per heavy atom. The van der Waals surface area contributed by atoms with Crippen molar-refractivity contribution in [3.8, 4) is 0 Å². The van der Waals surface area contributed by atoms with E-state index in [1.807, 2.05) is 12.2 Å². The lowest BCUT2D eigenvalue weighted by Crippen LogP contribution is -2.55. The Morgan fingerprint density at radius 3 is 2.41 bits per heavy atom. The number of aliphatic hydroxyl groups is 1. The Balaban J connectivity index is 2.87. The van der Waals surface area contributed by atoms with Gasteiger partial charge in [-0.1, -0.05) is 31.4 Å². The van der Waals surface area contributed by atoms with E-state index < -0.39 is 5.60 Å². The number of hydrogen-bond donors (Lipinski definition) is 2. The predicted molar refractivity (Wildman–Crippen MR) is 91.6 cm³/mol. The SMILES string of the molecule is C=C/C=C(\C=C)CC1(NC(=O)CC(C)(C)O)CCN(C)CC1. The number of carbonyl (C=O) groups is 1. The van der Waals surface area contributed by atoms with Crippen LogP contribution in [0.15, 0.2) is 37.0 Å². The lowest BCUT2D eigenvalue weighted by Gasteiger charge is -2.42. The van der Waals surface area contributed by atoms with Gasteiger partial charge in [0.1, 0.15) is 0 Å². The fourth-order valence-electron chi connectivity index (χ4n) is 2.87. The zero-order valence-electron chi connectivity index (χ0n) is 14.2. The molecule has 1 aliphatic heterocycles. The van der Waals surface area contributed by atoms with Crippen LogP contribution in [0.3, 0.4) is 0 Å². The summed E-state index contributed by atoms with van der Waals surface area (Å²) in [7, 11) is 2.09. The fraction of sp³-hybridized carbons (Fsp3) is 0.611. The van der Waals surface area contributed by atoms with E-state index in [9.17, 15) is 9.90 Å². The quantitative estimate of drug-likeness (QED) is 0.710. The summed E-state index contributed by atoms with van der Waals surface area (Å²) in [5.74, 6) is -0.0981. The third-order valence-electron chi connectivity index (χ3n) is 4.08. The first kappa shape index (κ1) is 18.7. The van der Waals surface area contributed by atoms with E-state index in [1.54, 1.807) is 19.9 Å². The predicted octanol–water partition coefficient (Wildman–Crippen LogP) is 2.42. The van der Waals surface area contributed by atoms with Crippen LogP contribution in [-0.2, 0) is 4.79 Å². The number of rotatable bonds is 7. The standard InChI is InChI=1S/C18H30N2O2/c1-6-8-15(7-2)13-18(9-11-20(5)12-10-18)19-16(21)14-17(3,4)22/h6-8,22H,1-2,9-14H2,3-5H3,(H,19,21)/b15-8+. The number of carbonyl (C=O) groups excluding carboxylic acids is 1. The van der Waals surface area contributed by atoms with Gasteiger partial charge in [0.05, 0.1) is 12.0 Å². The van der Waals surface area contributed by atoms with Crippen LogP contribution in [0, 0.1) is 0 Å². The Morgan fingerprint density at radius 1 is 1.36 bits per heavy atom.